The van der Waals surface area contributed by atoms with Gasteiger partial charge in [-0.05, 0) is 48.2 Å². The highest BCUT2D eigenvalue weighted by atomic mass is 32.1. The summed E-state index contributed by atoms with van der Waals surface area (Å²) in [7, 11) is 0. The zero-order chi connectivity index (χ0) is 19.9. The first-order valence-corrected chi connectivity index (χ1v) is 9.18. The molecule has 5 nitrogen and oxygen atoms in total. The second kappa shape index (κ2) is 6.90. The number of thiazole rings is 1. The summed E-state index contributed by atoms with van der Waals surface area (Å²) in [5.41, 5.74) is 2.00. The Morgan fingerprint density at radius 3 is 2.57 bits per heavy atom. The molecule has 3 aromatic rings. The van der Waals surface area contributed by atoms with Crippen molar-refractivity contribution in [2.24, 2.45) is 0 Å². The van der Waals surface area contributed by atoms with Crippen molar-refractivity contribution >= 4 is 11.3 Å². The Morgan fingerprint density at radius 2 is 1.86 bits per heavy atom. The summed E-state index contributed by atoms with van der Waals surface area (Å²) < 4.78 is 46.6. The van der Waals surface area contributed by atoms with Gasteiger partial charge in [0.25, 0.3) is 0 Å². The van der Waals surface area contributed by atoms with Gasteiger partial charge >= 0.3 is 11.2 Å². The normalized spacial score (nSPS) is 16.0. The number of aromatic nitrogens is 1. The molecule has 0 radical (unpaired) electrons. The Kier molecular flexibility index (Phi) is 4.54. The van der Waals surface area contributed by atoms with Crippen LogP contribution >= 0.6 is 11.3 Å². The molecule has 0 aliphatic heterocycles. The number of halogens is 3. The van der Waals surface area contributed by atoms with Crippen molar-refractivity contribution in [1.82, 2.24) is 4.98 Å². The molecular weight excluding hydrogens is 395 g/mol. The van der Waals surface area contributed by atoms with Gasteiger partial charge in [-0.25, -0.2) is 0 Å². The van der Waals surface area contributed by atoms with Crippen LogP contribution < -0.4 is 14.3 Å². The minimum absolute atomic E-state index is 0.0727. The molecule has 28 heavy (non-hydrogen) atoms. The van der Waals surface area contributed by atoms with Crippen LogP contribution in [0.1, 0.15) is 28.3 Å². The lowest BCUT2D eigenvalue weighted by Crippen LogP contribution is -2.17. The number of aryl methyl sites for hydroxylation is 1. The van der Waals surface area contributed by atoms with E-state index in [1.54, 1.807) is 6.07 Å². The first-order chi connectivity index (χ1) is 13.3. The van der Waals surface area contributed by atoms with E-state index in [4.69, 9.17) is 4.74 Å². The van der Waals surface area contributed by atoms with Gasteiger partial charge in [0, 0.05) is 12.0 Å². The Bertz CT molecular complexity index is 1070. The maximum Gasteiger partial charge on any atom is 0.573 e. The highest BCUT2D eigenvalue weighted by molar-refractivity contribution is 7.09. The van der Waals surface area contributed by atoms with Crippen molar-refractivity contribution in [3.63, 3.8) is 0 Å². The Balaban J connectivity index is 1.55. The molecule has 1 aliphatic rings. The van der Waals surface area contributed by atoms with Gasteiger partial charge in [0.15, 0.2) is 0 Å². The largest absolute Gasteiger partial charge is 0.573 e. The summed E-state index contributed by atoms with van der Waals surface area (Å²) in [4.78, 5) is 14.1. The highest BCUT2D eigenvalue weighted by Crippen LogP contribution is 2.43. The van der Waals surface area contributed by atoms with Crippen LogP contribution in [0.3, 0.4) is 0 Å². The van der Waals surface area contributed by atoms with E-state index in [2.05, 4.69) is 9.72 Å². The second-order valence-electron chi connectivity index (χ2n) is 6.30. The Labute approximate surface area is 161 Å². The number of hydrogen-bond donors (Lipinski definition) is 2. The lowest BCUT2D eigenvalue weighted by atomic mass is 10.00. The number of aromatic hydroxyl groups is 1. The van der Waals surface area contributed by atoms with Crippen molar-refractivity contribution in [3.8, 4) is 23.1 Å². The number of rotatable bonds is 4. The number of H-pyrrole nitrogens is 1. The van der Waals surface area contributed by atoms with Gasteiger partial charge in [-0.1, -0.05) is 23.5 Å². The number of alkyl halides is 3. The number of hydrogen-bond acceptors (Lipinski definition) is 5. The van der Waals surface area contributed by atoms with Crippen molar-refractivity contribution in [1.29, 1.82) is 0 Å². The van der Waals surface area contributed by atoms with E-state index in [1.807, 2.05) is 12.1 Å². The molecule has 1 aromatic heterocycles. The van der Waals surface area contributed by atoms with Gasteiger partial charge in [0.1, 0.15) is 17.2 Å². The van der Waals surface area contributed by atoms with Crippen LogP contribution in [0.2, 0.25) is 0 Å². The van der Waals surface area contributed by atoms with E-state index in [1.165, 1.54) is 24.3 Å². The number of fused-ring (bicyclic) bond motifs is 1. The first kappa shape index (κ1) is 18.4. The summed E-state index contributed by atoms with van der Waals surface area (Å²) in [5.74, 6) is 0.169. The minimum Gasteiger partial charge on any atom is -0.494 e. The molecule has 1 heterocycles. The number of aromatic amines is 1. The number of benzene rings is 2. The fraction of sp³-hybridized carbons (Fsp3) is 0.211. The summed E-state index contributed by atoms with van der Waals surface area (Å²) in [6.07, 6.45) is -3.29. The van der Waals surface area contributed by atoms with Crippen LogP contribution in [0.4, 0.5) is 13.2 Å². The predicted molar refractivity (Wildman–Crippen MR) is 96.4 cm³/mol. The van der Waals surface area contributed by atoms with Gasteiger partial charge in [0.05, 0.1) is 4.88 Å². The lowest BCUT2D eigenvalue weighted by molar-refractivity contribution is -0.274. The molecule has 146 valence electrons. The first-order valence-electron chi connectivity index (χ1n) is 8.37. The van der Waals surface area contributed by atoms with E-state index >= 15 is 0 Å². The van der Waals surface area contributed by atoms with Crippen LogP contribution in [0.15, 0.2) is 47.3 Å². The van der Waals surface area contributed by atoms with Crippen molar-refractivity contribution in [2.75, 3.05) is 0 Å². The molecule has 2 N–H and O–H groups in total. The van der Waals surface area contributed by atoms with Crippen LogP contribution in [0, 0.1) is 0 Å². The van der Waals surface area contributed by atoms with E-state index in [-0.39, 0.29) is 28.2 Å². The third-order valence-corrected chi connectivity index (χ3v) is 5.43. The molecule has 0 amide bonds. The van der Waals surface area contributed by atoms with Gasteiger partial charge in [-0.2, -0.15) is 0 Å². The Morgan fingerprint density at radius 1 is 1.11 bits per heavy atom. The molecule has 0 spiro atoms. The molecule has 0 bridgehead atoms. The van der Waals surface area contributed by atoms with Crippen LogP contribution in [0.25, 0.3) is 0 Å². The summed E-state index contributed by atoms with van der Waals surface area (Å²) >= 11 is 0.990. The van der Waals surface area contributed by atoms with E-state index in [0.717, 1.165) is 35.3 Å². The third kappa shape index (κ3) is 3.84. The molecule has 0 saturated carbocycles. The van der Waals surface area contributed by atoms with Gasteiger partial charge in [-0.3, -0.25) is 9.78 Å². The number of nitrogens with one attached hydrogen (secondary N) is 1. The van der Waals surface area contributed by atoms with E-state index < -0.39 is 6.36 Å². The van der Waals surface area contributed by atoms with Crippen molar-refractivity contribution in [3.05, 3.63) is 68.1 Å². The molecule has 0 saturated heterocycles. The number of ether oxygens (including phenoxy) is 2. The topological polar surface area (TPSA) is 71.6 Å². The third-order valence-electron chi connectivity index (χ3n) is 4.44. The molecule has 4 rings (SSSR count). The Hall–Kier alpha value is -2.94. The van der Waals surface area contributed by atoms with Gasteiger partial charge in [-0.15, -0.1) is 13.2 Å². The van der Waals surface area contributed by atoms with Crippen LogP contribution in [0.5, 0.6) is 23.1 Å². The second-order valence-corrected chi connectivity index (χ2v) is 7.32. The molecular formula is C19H14F3NO4S. The predicted octanol–water partition coefficient (Wildman–Crippen LogP) is 4.91. The molecule has 1 unspecified atom stereocenters. The molecule has 0 fully saturated rings. The monoisotopic (exact) mass is 409 g/mol. The standard InChI is InChI=1S/C19H14F3NO4S/c20-19(21,22)27-13-3-1-2-11(9-13)26-12-5-7-14-10(8-12)4-6-15(14)16-17(24)23-18(25)28-16/h1-3,5,7-9,15,24H,4,6H2,(H,23,25). The molecule has 9 heteroatoms. The van der Waals surface area contributed by atoms with Crippen molar-refractivity contribution < 1.29 is 27.8 Å². The average molecular weight is 409 g/mol. The summed E-state index contributed by atoms with van der Waals surface area (Å²) in [6.45, 7) is 0. The smallest absolute Gasteiger partial charge is 0.494 e. The average Bonchev–Trinajstić information content (AvgIpc) is 3.15. The van der Waals surface area contributed by atoms with Crippen LogP contribution in [-0.2, 0) is 6.42 Å². The highest BCUT2D eigenvalue weighted by Gasteiger charge is 2.31. The SMILES string of the molecule is O=c1[nH]c(O)c(C2CCc3cc(Oc4cccc(OC(F)(F)F)c4)ccc32)s1. The maximum absolute atomic E-state index is 12.4. The summed E-state index contributed by atoms with van der Waals surface area (Å²) in [6, 6.07) is 10.7. The molecule has 2 aromatic carbocycles. The van der Waals surface area contributed by atoms with E-state index in [0.29, 0.717) is 10.6 Å². The van der Waals surface area contributed by atoms with Crippen molar-refractivity contribution in [2.45, 2.75) is 25.1 Å². The summed E-state index contributed by atoms with van der Waals surface area (Å²) in [5, 5.41) is 9.91. The van der Waals surface area contributed by atoms with Crippen LogP contribution in [-0.4, -0.2) is 16.5 Å². The molecule has 1 aliphatic carbocycles. The fourth-order valence-electron chi connectivity index (χ4n) is 3.37. The lowest BCUT2D eigenvalue weighted by Gasteiger charge is -2.12. The van der Waals surface area contributed by atoms with Gasteiger partial charge < -0.3 is 14.6 Å². The fourth-order valence-corrected chi connectivity index (χ4v) is 4.25. The maximum atomic E-state index is 12.4. The molecule has 1 atom stereocenters. The minimum atomic E-state index is -4.77. The van der Waals surface area contributed by atoms with E-state index in [9.17, 15) is 23.1 Å². The zero-order valence-electron chi connectivity index (χ0n) is 14.2. The quantitative estimate of drug-likeness (QED) is 0.642. The van der Waals surface area contributed by atoms with Gasteiger partial charge in [0.2, 0.25) is 5.88 Å². The zero-order valence-corrected chi connectivity index (χ0v) is 15.1.